The number of hydrogen-bond donors (Lipinski definition) is 1. The molecule has 0 spiro atoms. The molecule has 8 heteroatoms. The lowest BCUT2D eigenvalue weighted by Gasteiger charge is -2.32. The Hall–Kier alpha value is -2.41. The molecule has 1 saturated heterocycles. The molecule has 1 aliphatic heterocycles. The number of carbonyl (C=O) groups excluding carboxylic acids is 2. The number of halogens is 2. The molecule has 0 radical (unpaired) electrons. The first kappa shape index (κ1) is 20.8. The summed E-state index contributed by atoms with van der Waals surface area (Å²) >= 11 is 12.1. The molecule has 1 aromatic carbocycles. The van der Waals surface area contributed by atoms with Crippen molar-refractivity contribution >= 4 is 51.5 Å². The standard InChI is InChI=1S/C22H22Cl2N4O2/c1-27-9-5-4-6-14(27)12-28-13-16(15-7-2-3-8-19(15)28)21(29)22(30)26-20-17(23)10-25-11-18(20)24/h2-3,7-8,10-11,13-14H,4-6,9,12H2,1H3,(H,25,26,30). The number of carbonyl (C=O) groups is 2. The van der Waals surface area contributed by atoms with Gasteiger partial charge in [-0.05, 0) is 32.5 Å². The minimum atomic E-state index is -0.789. The van der Waals surface area contributed by atoms with E-state index in [0.717, 1.165) is 30.4 Å². The molecule has 4 rings (SSSR count). The van der Waals surface area contributed by atoms with Gasteiger partial charge in [-0.3, -0.25) is 14.6 Å². The van der Waals surface area contributed by atoms with Crippen LogP contribution in [0.3, 0.4) is 0 Å². The summed E-state index contributed by atoms with van der Waals surface area (Å²) in [5.41, 5.74) is 1.48. The molecule has 1 aliphatic rings. The molecule has 1 atom stereocenters. The SMILES string of the molecule is CN1CCCCC1Cn1cc(C(=O)C(=O)Nc2c(Cl)cncc2Cl)c2ccccc21. The molecule has 0 bridgehead atoms. The second-order valence-corrected chi connectivity index (χ2v) is 8.42. The van der Waals surface area contributed by atoms with E-state index < -0.39 is 11.7 Å². The van der Waals surface area contributed by atoms with Crippen LogP contribution >= 0.6 is 23.2 Å². The number of anilines is 1. The number of amides is 1. The number of nitrogens with one attached hydrogen (secondary N) is 1. The summed E-state index contributed by atoms with van der Waals surface area (Å²) in [4.78, 5) is 31.9. The van der Waals surface area contributed by atoms with Crippen LogP contribution in [0.5, 0.6) is 0 Å². The number of fused-ring (bicyclic) bond motifs is 1. The smallest absolute Gasteiger partial charge is 0.296 e. The maximum atomic E-state index is 13.0. The van der Waals surface area contributed by atoms with Crippen molar-refractivity contribution in [3.8, 4) is 0 Å². The highest BCUT2D eigenvalue weighted by atomic mass is 35.5. The van der Waals surface area contributed by atoms with Gasteiger partial charge in [-0.2, -0.15) is 0 Å². The summed E-state index contributed by atoms with van der Waals surface area (Å²) in [6.45, 7) is 1.85. The van der Waals surface area contributed by atoms with Gasteiger partial charge in [0.2, 0.25) is 0 Å². The van der Waals surface area contributed by atoms with Gasteiger partial charge in [0, 0.05) is 42.1 Å². The summed E-state index contributed by atoms with van der Waals surface area (Å²) < 4.78 is 2.08. The monoisotopic (exact) mass is 444 g/mol. The van der Waals surface area contributed by atoms with Crippen molar-refractivity contribution < 1.29 is 9.59 Å². The Morgan fingerprint density at radius 1 is 1.17 bits per heavy atom. The van der Waals surface area contributed by atoms with E-state index in [4.69, 9.17) is 23.2 Å². The second kappa shape index (κ2) is 8.76. The molecule has 156 valence electrons. The highest BCUT2D eigenvalue weighted by Crippen LogP contribution is 2.29. The van der Waals surface area contributed by atoms with E-state index in [9.17, 15) is 9.59 Å². The fraction of sp³-hybridized carbons (Fsp3) is 0.318. The van der Waals surface area contributed by atoms with E-state index in [1.807, 2.05) is 24.3 Å². The average Bonchev–Trinajstić information content (AvgIpc) is 3.10. The fourth-order valence-electron chi connectivity index (χ4n) is 4.00. The number of ketones is 1. The first-order valence-corrected chi connectivity index (χ1v) is 10.6. The zero-order valence-corrected chi connectivity index (χ0v) is 18.1. The summed E-state index contributed by atoms with van der Waals surface area (Å²) in [6, 6.07) is 8.05. The number of pyridine rings is 1. The number of rotatable bonds is 5. The van der Waals surface area contributed by atoms with Crippen molar-refractivity contribution in [1.29, 1.82) is 0 Å². The zero-order chi connectivity index (χ0) is 21.3. The molecule has 1 amide bonds. The third kappa shape index (κ3) is 4.08. The largest absolute Gasteiger partial charge is 0.345 e. The lowest BCUT2D eigenvalue weighted by atomic mass is 10.0. The number of Topliss-reactive ketones (excluding diaryl/α,β-unsaturated/α-hetero) is 1. The summed E-state index contributed by atoms with van der Waals surface area (Å²) in [5, 5.41) is 3.63. The van der Waals surface area contributed by atoms with Crippen molar-refractivity contribution in [1.82, 2.24) is 14.5 Å². The fourth-order valence-corrected chi connectivity index (χ4v) is 4.46. The van der Waals surface area contributed by atoms with Crippen LogP contribution in [0.25, 0.3) is 10.9 Å². The molecule has 2 aromatic heterocycles. The van der Waals surface area contributed by atoms with Crippen molar-refractivity contribution in [3.63, 3.8) is 0 Å². The molecule has 0 saturated carbocycles. The van der Waals surface area contributed by atoms with Crippen molar-refractivity contribution in [3.05, 3.63) is 58.5 Å². The number of nitrogens with zero attached hydrogens (tertiary/aromatic N) is 3. The minimum Gasteiger partial charge on any atom is -0.345 e. The molecule has 1 fully saturated rings. The number of benzene rings is 1. The average molecular weight is 445 g/mol. The van der Waals surface area contributed by atoms with Crippen molar-refractivity contribution in [2.75, 3.05) is 18.9 Å². The number of para-hydroxylation sites is 1. The van der Waals surface area contributed by atoms with Gasteiger partial charge >= 0.3 is 0 Å². The Bertz CT molecular complexity index is 1090. The molecule has 6 nitrogen and oxygen atoms in total. The van der Waals surface area contributed by atoms with Crippen molar-refractivity contribution in [2.24, 2.45) is 0 Å². The molecule has 30 heavy (non-hydrogen) atoms. The predicted octanol–water partition coefficient (Wildman–Crippen LogP) is 4.65. The topological polar surface area (TPSA) is 67.2 Å². The number of likely N-dealkylation sites (N-methyl/N-ethyl adjacent to an activating group) is 1. The Morgan fingerprint density at radius 2 is 1.90 bits per heavy atom. The van der Waals surface area contributed by atoms with Gasteiger partial charge in [0.1, 0.15) is 0 Å². The molecule has 1 unspecified atom stereocenters. The van der Waals surface area contributed by atoms with Crippen LogP contribution < -0.4 is 5.32 Å². The van der Waals surface area contributed by atoms with Crippen LogP contribution in [0.2, 0.25) is 10.0 Å². The lowest BCUT2D eigenvalue weighted by Crippen LogP contribution is -2.39. The van der Waals surface area contributed by atoms with E-state index >= 15 is 0 Å². The van der Waals surface area contributed by atoms with Crippen LogP contribution in [0.1, 0.15) is 29.6 Å². The van der Waals surface area contributed by atoms with Gasteiger partial charge in [-0.1, -0.05) is 47.8 Å². The Morgan fingerprint density at radius 3 is 2.63 bits per heavy atom. The van der Waals surface area contributed by atoms with Crippen LogP contribution in [0.15, 0.2) is 42.9 Å². The Kier molecular flexibility index (Phi) is 6.09. The third-order valence-electron chi connectivity index (χ3n) is 5.66. The first-order valence-electron chi connectivity index (χ1n) is 9.88. The summed E-state index contributed by atoms with van der Waals surface area (Å²) in [6.07, 6.45) is 8.04. The highest BCUT2D eigenvalue weighted by Gasteiger charge is 2.25. The van der Waals surface area contributed by atoms with Gasteiger partial charge in [-0.15, -0.1) is 0 Å². The van der Waals surface area contributed by atoms with Crippen molar-refractivity contribution in [2.45, 2.75) is 31.8 Å². The van der Waals surface area contributed by atoms with Crippen LogP contribution in [0, 0.1) is 0 Å². The van der Waals surface area contributed by atoms with Crippen LogP contribution in [-0.2, 0) is 11.3 Å². The number of likely N-dealkylation sites (tertiary alicyclic amines) is 1. The van der Waals surface area contributed by atoms with E-state index in [-0.39, 0.29) is 15.7 Å². The van der Waals surface area contributed by atoms with E-state index in [2.05, 4.69) is 26.8 Å². The van der Waals surface area contributed by atoms with Crippen LogP contribution in [0.4, 0.5) is 5.69 Å². The van der Waals surface area contributed by atoms with E-state index in [1.165, 1.54) is 25.2 Å². The third-order valence-corrected chi connectivity index (χ3v) is 6.23. The van der Waals surface area contributed by atoms with Gasteiger partial charge in [0.25, 0.3) is 11.7 Å². The molecule has 3 heterocycles. The van der Waals surface area contributed by atoms with Gasteiger partial charge < -0.3 is 14.8 Å². The van der Waals surface area contributed by atoms with Gasteiger partial charge in [0.05, 0.1) is 21.3 Å². The van der Waals surface area contributed by atoms with E-state index in [0.29, 0.717) is 11.6 Å². The zero-order valence-electron chi connectivity index (χ0n) is 16.6. The lowest BCUT2D eigenvalue weighted by molar-refractivity contribution is -0.112. The molecule has 0 aliphatic carbocycles. The molecule has 3 aromatic rings. The molecular formula is C22H22Cl2N4O2. The number of hydrogen-bond acceptors (Lipinski definition) is 4. The maximum absolute atomic E-state index is 13.0. The quantitative estimate of drug-likeness (QED) is 0.459. The Balaban J connectivity index is 1.63. The highest BCUT2D eigenvalue weighted by molar-refractivity contribution is 6.50. The predicted molar refractivity (Wildman–Crippen MR) is 119 cm³/mol. The number of aromatic nitrogens is 2. The van der Waals surface area contributed by atoms with E-state index in [1.54, 1.807) is 6.20 Å². The first-order chi connectivity index (χ1) is 14.5. The summed E-state index contributed by atoms with van der Waals surface area (Å²) in [5.74, 6) is -1.42. The molecular weight excluding hydrogens is 423 g/mol. The van der Waals surface area contributed by atoms with Gasteiger partial charge in [0.15, 0.2) is 0 Å². The Labute approximate surface area is 184 Å². The minimum absolute atomic E-state index is 0.173. The molecule has 1 N–H and O–H groups in total. The normalized spacial score (nSPS) is 17.2. The summed E-state index contributed by atoms with van der Waals surface area (Å²) in [7, 11) is 2.14. The maximum Gasteiger partial charge on any atom is 0.296 e. The second-order valence-electron chi connectivity index (χ2n) is 7.60. The van der Waals surface area contributed by atoms with Gasteiger partial charge in [-0.25, -0.2) is 0 Å². The van der Waals surface area contributed by atoms with Crippen LogP contribution in [-0.4, -0.2) is 45.8 Å². The number of piperidine rings is 1.